The molecule has 1 saturated heterocycles. The Balaban J connectivity index is 2.45. The van der Waals surface area contributed by atoms with Gasteiger partial charge in [0, 0.05) is 11.8 Å². The molecule has 1 aliphatic rings. The number of aliphatic hydroxyl groups excluding tert-OH is 4. The fourth-order valence-electron chi connectivity index (χ4n) is 2.43. The highest BCUT2D eigenvalue weighted by Crippen LogP contribution is 2.28. The minimum Gasteiger partial charge on any atom is -0.481 e. The van der Waals surface area contributed by atoms with E-state index in [0.717, 1.165) is 10.6 Å². The van der Waals surface area contributed by atoms with E-state index < -0.39 is 55.2 Å². The first-order valence-electron chi connectivity index (χ1n) is 6.59. The molecule has 0 unspecified atom stereocenters. The highest BCUT2D eigenvalue weighted by Gasteiger charge is 2.44. The van der Waals surface area contributed by atoms with Gasteiger partial charge in [-0.2, -0.15) is 0 Å². The van der Waals surface area contributed by atoms with Gasteiger partial charge < -0.3 is 30.3 Å². The average Bonchev–Trinajstić information content (AvgIpc) is 2.46. The summed E-state index contributed by atoms with van der Waals surface area (Å²) in [6, 6.07) is 3.88. The van der Waals surface area contributed by atoms with Crippen LogP contribution in [-0.2, 0) is 16.0 Å². The molecule has 0 saturated carbocycles. The molecular formula is C13H17NO8. The van der Waals surface area contributed by atoms with Crippen LogP contribution in [0.5, 0.6) is 0 Å². The van der Waals surface area contributed by atoms with E-state index in [0.29, 0.717) is 0 Å². The summed E-state index contributed by atoms with van der Waals surface area (Å²) in [7, 11) is 0. The molecule has 22 heavy (non-hydrogen) atoms. The molecule has 2 heterocycles. The minimum atomic E-state index is -1.66. The van der Waals surface area contributed by atoms with Crippen LogP contribution in [0, 0.1) is 0 Å². The third-order valence-electron chi connectivity index (χ3n) is 3.53. The zero-order valence-corrected chi connectivity index (χ0v) is 11.4. The van der Waals surface area contributed by atoms with E-state index in [1.54, 1.807) is 0 Å². The summed E-state index contributed by atoms with van der Waals surface area (Å²) in [5.41, 5.74) is -0.576. The maximum atomic E-state index is 12.0. The van der Waals surface area contributed by atoms with E-state index in [9.17, 15) is 24.9 Å². The van der Waals surface area contributed by atoms with Crippen LogP contribution in [0.1, 0.15) is 11.9 Å². The number of carboxylic acids is 1. The molecule has 1 aromatic heterocycles. The van der Waals surface area contributed by atoms with Crippen molar-refractivity contribution in [3.63, 3.8) is 0 Å². The van der Waals surface area contributed by atoms with Crippen molar-refractivity contribution in [1.82, 2.24) is 4.57 Å². The second-order valence-corrected chi connectivity index (χ2v) is 5.02. The largest absolute Gasteiger partial charge is 0.481 e. The topological polar surface area (TPSA) is 149 Å². The van der Waals surface area contributed by atoms with Crippen molar-refractivity contribution in [3.05, 3.63) is 34.2 Å². The Kier molecular flexibility index (Phi) is 4.94. The van der Waals surface area contributed by atoms with Gasteiger partial charge in [0.05, 0.1) is 13.0 Å². The smallest absolute Gasteiger partial charge is 0.309 e. The summed E-state index contributed by atoms with van der Waals surface area (Å²) in [5, 5.41) is 47.6. The molecular weight excluding hydrogens is 298 g/mol. The van der Waals surface area contributed by atoms with Crippen molar-refractivity contribution in [1.29, 1.82) is 0 Å². The van der Waals surface area contributed by atoms with E-state index >= 15 is 0 Å². The number of aliphatic carboxylic acids is 1. The van der Waals surface area contributed by atoms with E-state index in [-0.39, 0.29) is 5.69 Å². The Bertz CT molecular complexity index is 598. The Hall–Kier alpha value is -1.78. The third-order valence-corrected chi connectivity index (χ3v) is 3.53. The number of rotatable bonds is 4. The summed E-state index contributed by atoms with van der Waals surface area (Å²) in [4.78, 5) is 22.9. The van der Waals surface area contributed by atoms with Crippen molar-refractivity contribution in [2.24, 2.45) is 0 Å². The molecule has 9 nitrogen and oxygen atoms in total. The number of ether oxygens (including phenoxy) is 1. The van der Waals surface area contributed by atoms with Crippen LogP contribution in [0.4, 0.5) is 0 Å². The molecule has 0 amide bonds. The number of nitrogens with zero attached hydrogens (tertiary/aromatic N) is 1. The fraction of sp³-hybridized carbons (Fsp3) is 0.538. The van der Waals surface area contributed by atoms with Crippen molar-refractivity contribution in [3.8, 4) is 0 Å². The summed E-state index contributed by atoms with van der Waals surface area (Å²) in [5.74, 6) is -1.19. The number of carbonyl (C=O) groups is 1. The molecule has 1 aliphatic heterocycles. The molecule has 0 aliphatic carbocycles. The number of hydrogen-bond donors (Lipinski definition) is 5. The molecule has 0 radical (unpaired) electrons. The molecule has 0 bridgehead atoms. The standard InChI is InChI=1S/C13H17NO8/c15-5-7-10(19)11(20)12(21)13(22-7)14-6(4-9(17)18)2-1-3-8(14)16/h1-3,7,10-13,15,19-21H,4-5H2,(H,17,18)/t7-,10-,11+,12-,13-/m1/s1. The molecule has 1 fully saturated rings. The highest BCUT2D eigenvalue weighted by atomic mass is 16.6. The first kappa shape index (κ1) is 16.6. The van der Waals surface area contributed by atoms with E-state index in [1.807, 2.05) is 0 Å². The van der Waals surface area contributed by atoms with Gasteiger partial charge in [-0.25, -0.2) is 0 Å². The number of carboxylic acid groups (broad SMARTS) is 1. The van der Waals surface area contributed by atoms with Crippen LogP contribution in [0.15, 0.2) is 23.0 Å². The predicted octanol–water partition coefficient (Wildman–Crippen LogP) is -2.55. The van der Waals surface area contributed by atoms with Gasteiger partial charge in [0.25, 0.3) is 5.56 Å². The molecule has 0 spiro atoms. The molecule has 122 valence electrons. The highest BCUT2D eigenvalue weighted by molar-refractivity contribution is 5.69. The molecule has 5 N–H and O–H groups in total. The van der Waals surface area contributed by atoms with Crippen LogP contribution < -0.4 is 5.56 Å². The van der Waals surface area contributed by atoms with Crippen LogP contribution in [0.3, 0.4) is 0 Å². The summed E-state index contributed by atoms with van der Waals surface area (Å²) >= 11 is 0. The molecule has 1 aromatic rings. The monoisotopic (exact) mass is 315 g/mol. The fourth-order valence-corrected chi connectivity index (χ4v) is 2.43. The van der Waals surface area contributed by atoms with Crippen molar-refractivity contribution < 1.29 is 35.1 Å². The zero-order valence-electron chi connectivity index (χ0n) is 11.4. The first-order valence-corrected chi connectivity index (χ1v) is 6.59. The number of aromatic nitrogens is 1. The Morgan fingerprint density at radius 1 is 1.18 bits per heavy atom. The van der Waals surface area contributed by atoms with Crippen molar-refractivity contribution >= 4 is 5.97 Å². The van der Waals surface area contributed by atoms with Gasteiger partial charge >= 0.3 is 5.97 Å². The molecule has 0 aromatic carbocycles. The lowest BCUT2D eigenvalue weighted by Crippen LogP contribution is -2.57. The van der Waals surface area contributed by atoms with Gasteiger partial charge in [0.15, 0.2) is 6.23 Å². The van der Waals surface area contributed by atoms with E-state index in [2.05, 4.69) is 0 Å². The SMILES string of the molecule is O=C(O)Cc1cccc(=O)n1[C@@H]1O[C@H](CO)[C@@H](O)[C@H](O)[C@H]1O. The number of aliphatic hydroxyl groups is 4. The van der Waals surface area contributed by atoms with Gasteiger partial charge in [-0.05, 0) is 6.07 Å². The average molecular weight is 315 g/mol. The Labute approximate surface area is 124 Å². The van der Waals surface area contributed by atoms with E-state index in [4.69, 9.17) is 14.9 Å². The summed E-state index contributed by atoms with van der Waals surface area (Å²) in [6.07, 6.45) is -7.97. The minimum absolute atomic E-state index is 0.0596. The maximum absolute atomic E-state index is 12.0. The van der Waals surface area contributed by atoms with Crippen molar-refractivity contribution in [2.45, 2.75) is 37.1 Å². The van der Waals surface area contributed by atoms with Gasteiger partial charge in [0.2, 0.25) is 0 Å². The molecule has 9 heteroatoms. The summed E-state index contributed by atoms with van der Waals surface area (Å²) < 4.78 is 6.18. The van der Waals surface area contributed by atoms with Crippen LogP contribution >= 0.6 is 0 Å². The first-order chi connectivity index (χ1) is 10.4. The van der Waals surface area contributed by atoms with E-state index in [1.165, 1.54) is 12.1 Å². The van der Waals surface area contributed by atoms with Gasteiger partial charge in [-0.1, -0.05) is 6.07 Å². The second-order valence-electron chi connectivity index (χ2n) is 5.02. The van der Waals surface area contributed by atoms with Crippen LogP contribution in [0.25, 0.3) is 0 Å². The number of pyridine rings is 1. The lowest BCUT2D eigenvalue weighted by molar-refractivity contribution is -0.252. The lowest BCUT2D eigenvalue weighted by Gasteiger charge is -2.41. The quantitative estimate of drug-likeness (QED) is 0.407. The number of hydrogen-bond acceptors (Lipinski definition) is 7. The Morgan fingerprint density at radius 2 is 1.86 bits per heavy atom. The van der Waals surface area contributed by atoms with Gasteiger partial charge in [0.1, 0.15) is 24.4 Å². The van der Waals surface area contributed by atoms with Crippen LogP contribution in [0.2, 0.25) is 0 Å². The molecule has 2 rings (SSSR count). The lowest BCUT2D eigenvalue weighted by atomic mass is 9.98. The molecule has 5 atom stereocenters. The van der Waals surface area contributed by atoms with Gasteiger partial charge in [-0.3, -0.25) is 14.2 Å². The Morgan fingerprint density at radius 3 is 2.45 bits per heavy atom. The van der Waals surface area contributed by atoms with Gasteiger partial charge in [-0.15, -0.1) is 0 Å². The second kappa shape index (κ2) is 6.55. The maximum Gasteiger partial charge on any atom is 0.309 e. The third kappa shape index (κ3) is 3.03. The van der Waals surface area contributed by atoms with Crippen LogP contribution in [-0.4, -0.2) is 67.1 Å². The zero-order chi connectivity index (χ0) is 16.4. The van der Waals surface area contributed by atoms with Crippen molar-refractivity contribution in [2.75, 3.05) is 6.61 Å². The normalized spacial score (nSPS) is 31.9. The predicted molar refractivity (Wildman–Crippen MR) is 71.1 cm³/mol. The summed E-state index contributed by atoms with van der Waals surface area (Å²) in [6.45, 7) is -0.642.